The van der Waals surface area contributed by atoms with Crippen molar-refractivity contribution in [3.8, 4) is 11.8 Å². The summed E-state index contributed by atoms with van der Waals surface area (Å²) in [4.78, 5) is 0. The lowest BCUT2D eigenvalue weighted by molar-refractivity contribution is 0.473. The van der Waals surface area contributed by atoms with Crippen LogP contribution in [0, 0.1) is 11.3 Å². The van der Waals surface area contributed by atoms with Crippen molar-refractivity contribution in [2.24, 2.45) is 0 Å². The Balaban J connectivity index is 2.42. The lowest BCUT2D eigenvalue weighted by atomic mass is 10.1. The molecule has 12 heavy (non-hydrogen) atoms. The molecule has 0 radical (unpaired) electrons. The highest BCUT2D eigenvalue weighted by Gasteiger charge is 2.23. The molecule has 1 aliphatic rings. The van der Waals surface area contributed by atoms with Gasteiger partial charge in [0.05, 0.1) is 5.56 Å². The Hall–Kier alpha value is -1.49. The largest absolute Gasteiger partial charge is 0.507 e. The van der Waals surface area contributed by atoms with Crippen LogP contribution in [0.1, 0.15) is 29.9 Å². The van der Waals surface area contributed by atoms with Gasteiger partial charge in [0.25, 0.3) is 0 Å². The van der Waals surface area contributed by atoms with Gasteiger partial charge in [-0.25, -0.2) is 0 Å². The first-order valence-electron chi connectivity index (χ1n) is 4.04. The third kappa shape index (κ3) is 1.14. The summed E-state index contributed by atoms with van der Waals surface area (Å²) in [5.41, 5.74) is 1.57. The molecule has 1 aromatic carbocycles. The van der Waals surface area contributed by atoms with Gasteiger partial charge in [0.1, 0.15) is 11.8 Å². The predicted molar refractivity (Wildman–Crippen MR) is 44.8 cm³/mol. The molecule has 2 nitrogen and oxygen atoms in total. The first-order valence-corrected chi connectivity index (χ1v) is 4.04. The normalized spacial score (nSPS) is 15.6. The van der Waals surface area contributed by atoms with Crippen molar-refractivity contribution in [3.63, 3.8) is 0 Å². The lowest BCUT2D eigenvalue weighted by Gasteiger charge is -1.99. The second kappa shape index (κ2) is 2.53. The summed E-state index contributed by atoms with van der Waals surface area (Å²) in [5.74, 6) is 0.722. The van der Waals surface area contributed by atoms with Gasteiger partial charge < -0.3 is 5.11 Å². The second-order valence-electron chi connectivity index (χ2n) is 3.16. The standard InChI is InChI=1S/C10H9NO/c11-6-9-5-8(7-1-2-7)3-4-10(9)12/h3-5,7,12H,1-2H2. The molecule has 1 N–H and O–H groups in total. The minimum atomic E-state index is 0.0851. The van der Waals surface area contributed by atoms with E-state index in [4.69, 9.17) is 5.26 Å². The van der Waals surface area contributed by atoms with E-state index in [1.165, 1.54) is 18.4 Å². The maximum absolute atomic E-state index is 9.21. The number of hydrogen-bond acceptors (Lipinski definition) is 2. The molecule has 2 heteroatoms. The second-order valence-corrected chi connectivity index (χ2v) is 3.16. The molecule has 0 aliphatic heterocycles. The predicted octanol–water partition coefficient (Wildman–Crippen LogP) is 2.14. The summed E-state index contributed by atoms with van der Waals surface area (Å²) in [6.07, 6.45) is 2.44. The number of aromatic hydroxyl groups is 1. The van der Waals surface area contributed by atoms with Gasteiger partial charge in [-0.05, 0) is 36.5 Å². The number of rotatable bonds is 1. The van der Waals surface area contributed by atoms with E-state index >= 15 is 0 Å². The van der Waals surface area contributed by atoms with E-state index in [1.807, 2.05) is 12.1 Å². The number of hydrogen-bond donors (Lipinski definition) is 1. The molecule has 0 atom stereocenters. The highest BCUT2D eigenvalue weighted by Crippen LogP contribution is 2.40. The highest BCUT2D eigenvalue weighted by atomic mass is 16.3. The monoisotopic (exact) mass is 159 g/mol. The molecule has 60 valence electrons. The molecule has 2 rings (SSSR count). The Labute approximate surface area is 71.1 Å². The Morgan fingerprint density at radius 2 is 2.17 bits per heavy atom. The maximum atomic E-state index is 9.21. The molecule has 1 saturated carbocycles. The van der Waals surface area contributed by atoms with Gasteiger partial charge in [0.2, 0.25) is 0 Å². The van der Waals surface area contributed by atoms with E-state index in [9.17, 15) is 5.11 Å². The van der Waals surface area contributed by atoms with Crippen molar-refractivity contribution in [1.29, 1.82) is 5.26 Å². The fourth-order valence-corrected chi connectivity index (χ4v) is 1.31. The van der Waals surface area contributed by atoms with Crippen molar-refractivity contribution in [1.82, 2.24) is 0 Å². The Morgan fingerprint density at radius 1 is 1.42 bits per heavy atom. The summed E-state index contributed by atoms with van der Waals surface area (Å²) in [7, 11) is 0. The van der Waals surface area contributed by atoms with Crippen LogP contribution in [0.3, 0.4) is 0 Å². The zero-order chi connectivity index (χ0) is 8.55. The van der Waals surface area contributed by atoms with Gasteiger partial charge in [0, 0.05) is 0 Å². The van der Waals surface area contributed by atoms with Crippen molar-refractivity contribution in [2.45, 2.75) is 18.8 Å². The fourth-order valence-electron chi connectivity index (χ4n) is 1.31. The zero-order valence-corrected chi connectivity index (χ0v) is 6.62. The lowest BCUT2D eigenvalue weighted by Crippen LogP contribution is -1.82. The smallest absolute Gasteiger partial charge is 0.133 e. The molecule has 0 unspecified atom stereocenters. The molecule has 0 spiro atoms. The number of nitriles is 1. The van der Waals surface area contributed by atoms with Gasteiger partial charge in [-0.2, -0.15) is 5.26 Å². The van der Waals surface area contributed by atoms with Crippen molar-refractivity contribution < 1.29 is 5.11 Å². The summed E-state index contributed by atoms with van der Waals surface area (Å²) >= 11 is 0. The average Bonchev–Trinajstić information content (AvgIpc) is 2.88. The van der Waals surface area contributed by atoms with Crippen LogP contribution in [0.5, 0.6) is 5.75 Å². The fraction of sp³-hybridized carbons (Fsp3) is 0.300. The van der Waals surface area contributed by atoms with E-state index < -0.39 is 0 Å². The highest BCUT2D eigenvalue weighted by molar-refractivity contribution is 5.45. The molecule has 0 heterocycles. The van der Waals surface area contributed by atoms with Crippen LogP contribution in [0.25, 0.3) is 0 Å². The summed E-state index contributed by atoms with van der Waals surface area (Å²) in [6, 6.07) is 7.25. The summed E-state index contributed by atoms with van der Waals surface area (Å²) in [6.45, 7) is 0. The maximum Gasteiger partial charge on any atom is 0.133 e. The van der Waals surface area contributed by atoms with Gasteiger partial charge in [-0.1, -0.05) is 6.07 Å². The third-order valence-electron chi connectivity index (χ3n) is 2.19. The van der Waals surface area contributed by atoms with Gasteiger partial charge in [-0.15, -0.1) is 0 Å². The van der Waals surface area contributed by atoms with Crippen LogP contribution in [0.15, 0.2) is 18.2 Å². The molecule has 0 saturated heterocycles. The van der Waals surface area contributed by atoms with E-state index in [1.54, 1.807) is 12.1 Å². The number of phenolic OH excluding ortho intramolecular Hbond substituents is 1. The van der Waals surface area contributed by atoms with Crippen LogP contribution in [-0.2, 0) is 0 Å². The number of phenols is 1. The first kappa shape index (κ1) is 7.17. The van der Waals surface area contributed by atoms with Crippen LogP contribution >= 0.6 is 0 Å². The van der Waals surface area contributed by atoms with Crippen molar-refractivity contribution >= 4 is 0 Å². The van der Waals surface area contributed by atoms with Gasteiger partial charge in [-0.3, -0.25) is 0 Å². The minimum Gasteiger partial charge on any atom is -0.507 e. The average molecular weight is 159 g/mol. The Kier molecular flexibility index (Phi) is 1.51. The van der Waals surface area contributed by atoms with Crippen molar-refractivity contribution in [3.05, 3.63) is 29.3 Å². The van der Waals surface area contributed by atoms with E-state index in [0.717, 1.165) is 0 Å². The molecule has 0 aromatic heterocycles. The Bertz CT molecular complexity index is 347. The third-order valence-corrected chi connectivity index (χ3v) is 2.19. The molecule has 0 amide bonds. The molecule has 1 aliphatic carbocycles. The molecule has 1 aromatic rings. The molecular weight excluding hydrogens is 150 g/mol. The SMILES string of the molecule is N#Cc1cc(C2CC2)ccc1O. The van der Waals surface area contributed by atoms with Crippen molar-refractivity contribution in [2.75, 3.05) is 0 Å². The summed E-state index contributed by atoms with van der Waals surface area (Å²) < 4.78 is 0. The topological polar surface area (TPSA) is 44.0 Å². The number of benzene rings is 1. The molecular formula is C10H9NO. The van der Waals surface area contributed by atoms with Crippen LogP contribution in [0.2, 0.25) is 0 Å². The molecule has 0 bridgehead atoms. The van der Waals surface area contributed by atoms with Gasteiger partial charge in [0.15, 0.2) is 0 Å². The first-order chi connectivity index (χ1) is 5.81. The minimum absolute atomic E-state index is 0.0851. The van der Waals surface area contributed by atoms with Crippen LogP contribution < -0.4 is 0 Å². The van der Waals surface area contributed by atoms with E-state index in [-0.39, 0.29) is 5.75 Å². The summed E-state index contributed by atoms with van der Waals surface area (Å²) in [5, 5.41) is 17.8. The molecule has 1 fully saturated rings. The van der Waals surface area contributed by atoms with Gasteiger partial charge >= 0.3 is 0 Å². The van der Waals surface area contributed by atoms with Crippen LogP contribution in [-0.4, -0.2) is 5.11 Å². The Morgan fingerprint density at radius 3 is 2.75 bits per heavy atom. The number of nitrogens with zero attached hydrogens (tertiary/aromatic N) is 1. The van der Waals surface area contributed by atoms with E-state index in [2.05, 4.69) is 0 Å². The van der Waals surface area contributed by atoms with Crippen LogP contribution in [0.4, 0.5) is 0 Å². The zero-order valence-electron chi connectivity index (χ0n) is 6.62. The van der Waals surface area contributed by atoms with E-state index in [0.29, 0.717) is 11.5 Å². The quantitative estimate of drug-likeness (QED) is 0.682.